The van der Waals surface area contributed by atoms with E-state index in [2.05, 4.69) is 164 Å². The molecule has 0 aliphatic carbocycles. The second kappa shape index (κ2) is 13.8. The molecule has 10 aromatic rings. The van der Waals surface area contributed by atoms with Gasteiger partial charge < -0.3 is 4.42 Å². The predicted molar refractivity (Wildman–Crippen MR) is 225 cm³/mol. The summed E-state index contributed by atoms with van der Waals surface area (Å²) in [5, 5.41) is 2.22. The van der Waals surface area contributed by atoms with E-state index >= 15 is 0 Å². The van der Waals surface area contributed by atoms with E-state index in [1.165, 1.54) is 11.1 Å². The third kappa shape index (κ3) is 6.16. The molecule has 0 N–H and O–H groups in total. The van der Waals surface area contributed by atoms with Gasteiger partial charge in [0.1, 0.15) is 11.2 Å². The van der Waals surface area contributed by atoms with E-state index in [4.69, 9.17) is 19.4 Å². The second-order valence-corrected chi connectivity index (χ2v) is 13.6. The van der Waals surface area contributed by atoms with Crippen LogP contribution in [0.5, 0.6) is 0 Å². The molecule has 4 heteroatoms. The van der Waals surface area contributed by atoms with Crippen LogP contribution in [0.4, 0.5) is 0 Å². The average Bonchev–Trinajstić information content (AvgIpc) is 3.66. The Kier molecular flexibility index (Phi) is 8.12. The van der Waals surface area contributed by atoms with Crippen LogP contribution in [0.3, 0.4) is 0 Å². The van der Waals surface area contributed by atoms with Gasteiger partial charge in [0.25, 0.3) is 0 Å². The highest BCUT2D eigenvalue weighted by Crippen LogP contribution is 2.37. The van der Waals surface area contributed by atoms with Crippen LogP contribution in [0.1, 0.15) is 0 Å². The van der Waals surface area contributed by atoms with Crippen LogP contribution in [0.2, 0.25) is 0 Å². The lowest BCUT2D eigenvalue weighted by atomic mass is 9.98. The predicted octanol–water partition coefficient (Wildman–Crippen LogP) is 13.4. The van der Waals surface area contributed by atoms with Gasteiger partial charge in [0.05, 0.1) is 0 Å². The van der Waals surface area contributed by atoms with Gasteiger partial charge in [-0.3, -0.25) is 0 Å². The summed E-state index contributed by atoms with van der Waals surface area (Å²) >= 11 is 0. The number of aromatic nitrogens is 3. The Labute approximate surface area is 319 Å². The summed E-state index contributed by atoms with van der Waals surface area (Å²) in [7, 11) is 0. The molecule has 258 valence electrons. The van der Waals surface area contributed by atoms with Crippen molar-refractivity contribution in [3.8, 4) is 78.7 Å². The summed E-state index contributed by atoms with van der Waals surface area (Å²) in [6, 6.07) is 69.2. The third-order valence-electron chi connectivity index (χ3n) is 10.2. The van der Waals surface area contributed by atoms with E-state index in [-0.39, 0.29) is 0 Å². The highest BCUT2D eigenvalue weighted by Gasteiger charge is 2.17. The molecule has 0 radical (unpaired) electrons. The Morgan fingerprint density at radius 3 is 1.49 bits per heavy atom. The molecule has 0 aliphatic rings. The van der Waals surface area contributed by atoms with Crippen molar-refractivity contribution in [2.45, 2.75) is 0 Å². The monoisotopic (exact) mass is 703 g/mol. The summed E-state index contributed by atoms with van der Waals surface area (Å²) in [6.07, 6.45) is 0. The minimum atomic E-state index is 0.606. The SMILES string of the molecule is c1ccc(-c2ccc(-c3cccc(-c4nc(-c5ccc(-c6cccc7c6oc6ccccc67)cc5)nc(-c5ccccc5-c5ccccc5)n4)c3)cc2)cc1. The molecular weight excluding hydrogens is 671 g/mol. The molecule has 0 unspecified atom stereocenters. The van der Waals surface area contributed by atoms with Gasteiger partial charge in [-0.25, -0.2) is 15.0 Å². The smallest absolute Gasteiger partial charge is 0.164 e. The Balaban J connectivity index is 1.07. The number of hydrogen-bond donors (Lipinski definition) is 0. The quantitative estimate of drug-likeness (QED) is 0.166. The zero-order chi connectivity index (χ0) is 36.6. The Morgan fingerprint density at radius 2 is 0.727 bits per heavy atom. The van der Waals surface area contributed by atoms with E-state index in [1.54, 1.807) is 0 Å². The number of fused-ring (bicyclic) bond motifs is 3. The highest BCUT2D eigenvalue weighted by molar-refractivity contribution is 6.09. The van der Waals surface area contributed by atoms with Gasteiger partial charge in [-0.2, -0.15) is 0 Å². The topological polar surface area (TPSA) is 51.8 Å². The van der Waals surface area contributed by atoms with Gasteiger partial charge in [-0.15, -0.1) is 0 Å². The average molecular weight is 704 g/mol. The Morgan fingerprint density at radius 1 is 0.273 bits per heavy atom. The molecular formula is C51H33N3O. The van der Waals surface area contributed by atoms with Crippen LogP contribution in [-0.2, 0) is 0 Å². The fraction of sp³-hybridized carbons (Fsp3) is 0. The molecule has 8 aromatic carbocycles. The van der Waals surface area contributed by atoms with Gasteiger partial charge in [0, 0.05) is 33.0 Å². The maximum absolute atomic E-state index is 6.36. The lowest BCUT2D eigenvalue weighted by Gasteiger charge is -2.13. The largest absolute Gasteiger partial charge is 0.455 e. The normalized spacial score (nSPS) is 11.3. The van der Waals surface area contributed by atoms with E-state index in [9.17, 15) is 0 Å². The number of benzene rings is 8. The zero-order valence-corrected chi connectivity index (χ0v) is 29.8. The van der Waals surface area contributed by atoms with Gasteiger partial charge in [0.15, 0.2) is 17.5 Å². The van der Waals surface area contributed by atoms with Crippen molar-refractivity contribution in [2.24, 2.45) is 0 Å². The first kappa shape index (κ1) is 32.2. The molecule has 0 saturated heterocycles. The number of hydrogen-bond acceptors (Lipinski definition) is 4. The number of para-hydroxylation sites is 2. The lowest BCUT2D eigenvalue weighted by Crippen LogP contribution is -2.01. The van der Waals surface area contributed by atoms with E-state index in [0.717, 1.165) is 72.0 Å². The summed E-state index contributed by atoms with van der Waals surface area (Å²) in [4.78, 5) is 15.4. The molecule has 2 heterocycles. The fourth-order valence-corrected chi connectivity index (χ4v) is 7.40. The van der Waals surface area contributed by atoms with Crippen LogP contribution in [-0.4, -0.2) is 15.0 Å². The van der Waals surface area contributed by atoms with Crippen LogP contribution >= 0.6 is 0 Å². The van der Waals surface area contributed by atoms with Crippen molar-refractivity contribution in [3.05, 3.63) is 200 Å². The van der Waals surface area contributed by atoms with Gasteiger partial charge >= 0.3 is 0 Å². The first-order valence-electron chi connectivity index (χ1n) is 18.4. The summed E-state index contributed by atoms with van der Waals surface area (Å²) in [5.41, 5.74) is 13.4. The molecule has 0 fully saturated rings. The second-order valence-electron chi connectivity index (χ2n) is 13.6. The summed E-state index contributed by atoms with van der Waals surface area (Å²) in [5.74, 6) is 1.84. The minimum Gasteiger partial charge on any atom is -0.455 e. The van der Waals surface area contributed by atoms with Crippen molar-refractivity contribution in [1.82, 2.24) is 15.0 Å². The molecule has 0 saturated carbocycles. The number of furan rings is 1. The number of nitrogens with zero attached hydrogens (tertiary/aromatic N) is 3. The molecule has 0 amide bonds. The molecule has 0 bridgehead atoms. The molecule has 55 heavy (non-hydrogen) atoms. The van der Waals surface area contributed by atoms with Crippen LogP contribution < -0.4 is 0 Å². The van der Waals surface area contributed by atoms with Gasteiger partial charge in [-0.1, -0.05) is 188 Å². The highest BCUT2D eigenvalue weighted by atomic mass is 16.3. The van der Waals surface area contributed by atoms with Crippen molar-refractivity contribution < 1.29 is 4.42 Å². The van der Waals surface area contributed by atoms with Crippen molar-refractivity contribution in [2.75, 3.05) is 0 Å². The number of rotatable bonds is 7. The van der Waals surface area contributed by atoms with Crippen molar-refractivity contribution in [1.29, 1.82) is 0 Å². The van der Waals surface area contributed by atoms with E-state index in [0.29, 0.717) is 17.5 Å². The van der Waals surface area contributed by atoms with Crippen LogP contribution in [0.15, 0.2) is 205 Å². The third-order valence-corrected chi connectivity index (χ3v) is 10.2. The summed E-state index contributed by atoms with van der Waals surface area (Å²) in [6.45, 7) is 0. The molecule has 0 spiro atoms. The zero-order valence-electron chi connectivity index (χ0n) is 29.8. The standard InChI is InChI=1S/C51H33N3O/c1-3-13-34(14-4-1)35-25-27-36(28-26-35)40-17-11-18-41(33-40)50-52-49(53-51(54-50)46-21-8-7-19-42(46)37-15-5-2-6-16-37)39-31-29-38(30-32-39)43-22-12-23-45-44-20-9-10-24-47(44)55-48(43)45/h1-33H. The van der Waals surface area contributed by atoms with Crippen molar-refractivity contribution >= 4 is 21.9 Å². The molecule has 10 rings (SSSR count). The first-order chi connectivity index (χ1) is 27.2. The Bertz CT molecular complexity index is 2950. The fourth-order valence-electron chi connectivity index (χ4n) is 7.40. The molecule has 4 nitrogen and oxygen atoms in total. The Hall–Kier alpha value is -7.43. The van der Waals surface area contributed by atoms with Crippen molar-refractivity contribution in [3.63, 3.8) is 0 Å². The van der Waals surface area contributed by atoms with Crippen LogP contribution in [0.25, 0.3) is 101 Å². The van der Waals surface area contributed by atoms with Crippen LogP contribution in [0, 0.1) is 0 Å². The minimum absolute atomic E-state index is 0.606. The summed E-state index contributed by atoms with van der Waals surface area (Å²) < 4.78 is 6.36. The molecule has 0 aliphatic heterocycles. The first-order valence-corrected chi connectivity index (χ1v) is 18.4. The van der Waals surface area contributed by atoms with E-state index < -0.39 is 0 Å². The van der Waals surface area contributed by atoms with Gasteiger partial charge in [-0.05, 0) is 51.1 Å². The molecule has 2 aromatic heterocycles. The van der Waals surface area contributed by atoms with E-state index in [1.807, 2.05) is 36.4 Å². The maximum Gasteiger partial charge on any atom is 0.164 e. The lowest BCUT2D eigenvalue weighted by molar-refractivity contribution is 0.670. The molecule has 0 atom stereocenters. The van der Waals surface area contributed by atoms with Gasteiger partial charge in [0.2, 0.25) is 0 Å². The maximum atomic E-state index is 6.36.